The van der Waals surface area contributed by atoms with Crippen LogP contribution in [0.3, 0.4) is 0 Å². The van der Waals surface area contributed by atoms with E-state index >= 15 is 0 Å². The fourth-order valence-corrected chi connectivity index (χ4v) is 5.34. The van der Waals surface area contributed by atoms with Crippen LogP contribution in [0, 0.1) is 0 Å². The Kier molecular flexibility index (Phi) is 8.13. The Hall–Kier alpha value is -4.51. The number of aliphatic hydroxyl groups is 1. The van der Waals surface area contributed by atoms with Gasteiger partial charge in [-0.15, -0.1) is 0 Å². The number of carbonyl (C=O) groups is 3. The summed E-state index contributed by atoms with van der Waals surface area (Å²) in [6, 6.07) is 13.7. The predicted molar refractivity (Wildman–Crippen MR) is 157 cm³/mol. The van der Waals surface area contributed by atoms with Crippen LogP contribution in [0.1, 0.15) is 71.6 Å². The molecule has 1 fully saturated rings. The maximum Gasteiger partial charge on any atom is 0.410 e. The van der Waals surface area contributed by atoms with Gasteiger partial charge in [-0.25, -0.2) is 14.8 Å². The molecule has 1 aliphatic heterocycles. The number of nitrogen functional groups attached to an aromatic ring is 1. The Bertz CT molecular complexity index is 1500. The molecule has 5 N–H and O–H groups in total. The molecule has 11 nitrogen and oxygen atoms in total. The Morgan fingerprint density at radius 2 is 1.86 bits per heavy atom. The monoisotopic (exact) mass is 572 g/mol. The van der Waals surface area contributed by atoms with E-state index in [0.717, 1.165) is 11.1 Å². The Morgan fingerprint density at radius 1 is 1.07 bits per heavy atom. The first-order valence-electron chi connectivity index (χ1n) is 14.1. The van der Waals surface area contributed by atoms with Crippen molar-refractivity contribution in [2.45, 2.75) is 63.8 Å². The number of aromatic nitrogens is 2. The van der Waals surface area contributed by atoms with Crippen LogP contribution in [0.4, 0.5) is 10.6 Å². The van der Waals surface area contributed by atoms with E-state index in [-0.39, 0.29) is 23.5 Å². The highest BCUT2D eigenvalue weighted by Gasteiger charge is 2.32. The van der Waals surface area contributed by atoms with Crippen molar-refractivity contribution in [3.63, 3.8) is 0 Å². The van der Waals surface area contributed by atoms with E-state index in [4.69, 9.17) is 10.5 Å². The normalized spacial score (nSPS) is 20.0. The van der Waals surface area contributed by atoms with Gasteiger partial charge in [0.25, 0.3) is 11.8 Å². The highest BCUT2D eigenvalue weighted by atomic mass is 16.6. The van der Waals surface area contributed by atoms with E-state index < -0.39 is 29.7 Å². The number of amides is 3. The summed E-state index contributed by atoms with van der Waals surface area (Å²) < 4.78 is 5.47. The second-order valence-electron chi connectivity index (χ2n) is 11.7. The third-order valence-corrected chi connectivity index (χ3v) is 7.34. The van der Waals surface area contributed by atoms with E-state index in [1.165, 1.54) is 6.20 Å². The van der Waals surface area contributed by atoms with Gasteiger partial charge in [0.2, 0.25) is 0 Å². The van der Waals surface area contributed by atoms with Gasteiger partial charge < -0.3 is 31.1 Å². The number of carbonyl (C=O) groups excluding carboxylic acids is 3. The molecule has 220 valence electrons. The number of aliphatic hydroxyl groups excluding tert-OH is 1. The number of nitrogens with one attached hydrogen (secondary N) is 2. The molecule has 2 aromatic carbocycles. The maximum absolute atomic E-state index is 13.2. The first kappa shape index (κ1) is 29.0. The lowest BCUT2D eigenvalue weighted by Crippen LogP contribution is -2.50. The minimum absolute atomic E-state index is 0.0289. The molecule has 3 atom stereocenters. The van der Waals surface area contributed by atoms with Crippen LogP contribution >= 0.6 is 0 Å². The average molecular weight is 573 g/mol. The van der Waals surface area contributed by atoms with Crippen molar-refractivity contribution in [1.82, 2.24) is 25.5 Å². The summed E-state index contributed by atoms with van der Waals surface area (Å²) in [5, 5.41) is 16.4. The molecular formula is C31H36N6O5. The van der Waals surface area contributed by atoms with Gasteiger partial charge >= 0.3 is 6.09 Å². The molecule has 0 bridgehead atoms. The number of hydrogen-bond acceptors (Lipinski definition) is 8. The van der Waals surface area contributed by atoms with Crippen LogP contribution in [-0.4, -0.2) is 68.7 Å². The topological polar surface area (TPSA) is 160 Å². The van der Waals surface area contributed by atoms with Gasteiger partial charge in [-0.05, 0) is 56.9 Å². The van der Waals surface area contributed by atoms with Gasteiger partial charge in [0, 0.05) is 36.7 Å². The first-order valence-corrected chi connectivity index (χ1v) is 14.1. The lowest BCUT2D eigenvalue weighted by Gasteiger charge is -2.34. The summed E-state index contributed by atoms with van der Waals surface area (Å²) in [5.41, 5.74) is 8.62. The molecule has 1 saturated heterocycles. The third-order valence-electron chi connectivity index (χ3n) is 7.34. The Balaban J connectivity index is 1.28. The number of likely N-dealkylation sites (tertiary alicyclic amines) is 1. The third kappa shape index (κ3) is 6.52. The Morgan fingerprint density at radius 3 is 2.64 bits per heavy atom. The largest absolute Gasteiger partial charge is 0.444 e. The SMILES string of the molecule is CC(C)(C)OC(=O)N1CCC[C@H](NC(=O)c2nc(-c3cccc(C(=O)N[C@@H]4c5ccccc5C[C@@H]4O)c3)cnc2N)C1. The van der Waals surface area contributed by atoms with Crippen molar-refractivity contribution in [1.29, 1.82) is 0 Å². The summed E-state index contributed by atoms with van der Waals surface area (Å²) in [5.74, 6) is -0.870. The number of anilines is 1. The molecule has 1 aromatic heterocycles. The summed E-state index contributed by atoms with van der Waals surface area (Å²) >= 11 is 0. The number of hydrogen-bond donors (Lipinski definition) is 4. The van der Waals surface area contributed by atoms with Crippen molar-refractivity contribution in [3.8, 4) is 11.3 Å². The molecule has 0 unspecified atom stereocenters. The zero-order valence-corrected chi connectivity index (χ0v) is 24.0. The standard InChI is InChI=1S/C31H36N6O5/c1-31(2,3)42-30(41)37-13-7-11-21(17-37)34-29(40)26-27(32)33-16-23(35-26)19-9-6-10-20(14-19)28(39)36-25-22-12-5-4-8-18(22)15-24(25)38/h4-6,8-10,12,14,16,21,24-25,38H,7,11,13,15,17H2,1-3H3,(H2,32,33)(H,34,40)(H,36,39)/t21-,24-,25+/m0/s1. The van der Waals surface area contributed by atoms with Crippen molar-refractivity contribution in [2.24, 2.45) is 0 Å². The molecule has 42 heavy (non-hydrogen) atoms. The fraction of sp³-hybridized carbons (Fsp3) is 0.387. The lowest BCUT2D eigenvalue weighted by atomic mass is 10.0. The van der Waals surface area contributed by atoms with Crippen LogP contribution in [0.15, 0.2) is 54.7 Å². The van der Waals surface area contributed by atoms with Crippen molar-refractivity contribution in [3.05, 3.63) is 77.1 Å². The smallest absolute Gasteiger partial charge is 0.410 e. The second kappa shape index (κ2) is 11.8. The molecule has 2 heterocycles. The number of fused-ring (bicyclic) bond motifs is 1. The Labute approximate surface area is 244 Å². The number of nitrogens with two attached hydrogens (primary N) is 1. The van der Waals surface area contributed by atoms with E-state index in [2.05, 4.69) is 20.6 Å². The van der Waals surface area contributed by atoms with Crippen molar-refractivity contribution >= 4 is 23.7 Å². The van der Waals surface area contributed by atoms with Gasteiger partial charge in [-0.3, -0.25) is 9.59 Å². The first-order chi connectivity index (χ1) is 20.0. The number of benzene rings is 2. The number of ether oxygens (including phenoxy) is 1. The number of rotatable bonds is 5. The molecular weight excluding hydrogens is 536 g/mol. The minimum Gasteiger partial charge on any atom is -0.444 e. The second-order valence-corrected chi connectivity index (χ2v) is 11.7. The molecule has 0 saturated carbocycles. The summed E-state index contributed by atoms with van der Waals surface area (Å²) in [6.45, 7) is 6.29. The van der Waals surface area contributed by atoms with Crippen LogP contribution in [0.2, 0.25) is 0 Å². The highest BCUT2D eigenvalue weighted by Crippen LogP contribution is 2.31. The molecule has 3 amide bonds. The van der Waals surface area contributed by atoms with Gasteiger partial charge in [0.15, 0.2) is 11.5 Å². The molecule has 11 heteroatoms. The zero-order valence-electron chi connectivity index (χ0n) is 24.0. The van der Waals surface area contributed by atoms with Crippen LogP contribution in [-0.2, 0) is 11.2 Å². The minimum atomic E-state index is -0.709. The quantitative estimate of drug-likeness (QED) is 0.363. The van der Waals surface area contributed by atoms with Gasteiger partial charge in [0.1, 0.15) is 5.60 Å². The maximum atomic E-state index is 13.2. The summed E-state index contributed by atoms with van der Waals surface area (Å²) in [6.07, 6.45) is 2.20. The molecule has 2 aliphatic rings. The lowest BCUT2D eigenvalue weighted by molar-refractivity contribution is 0.0185. The number of piperidine rings is 1. The van der Waals surface area contributed by atoms with Crippen LogP contribution in [0.25, 0.3) is 11.3 Å². The van der Waals surface area contributed by atoms with Gasteiger partial charge in [0.05, 0.1) is 24.0 Å². The molecule has 5 rings (SSSR count). The average Bonchev–Trinajstić information content (AvgIpc) is 3.27. The van der Waals surface area contributed by atoms with Crippen LogP contribution in [0.5, 0.6) is 0 Å². The van der Waals surface area contributed by atoms with E-state index in [9.17, 15) is 19.5 Å². The zero-order chi connectivity index (χ0) is 30.0. The fourth-order valence-electron chi connectivity index (χ4n) is 5.34. The highest BCUT2D eigenvalue weighted by molar-refractivity contribution is 5.98. The number of nitrogens with zero attached hydrogens (tertiary/aromatic N) is 3. The summed E-state index contributed by atoms with van der Waals surface area (Å²) in [4.78, 5) is 49.1. The van der Waals surface area contributed by atoms with E-state index in [1.54, 1.807) is 29.2 Å². The van der Waals surface area contributed by atoms with E-state index in [1.807, 2.05) is 45.0 Å². The molecule has 3 aromatic rings. The van der Waals surface area contributed by atoms with Gasteiger partial charge in [-0.2, -0.15) is 0 Å². The van der Waals surface area contributed by atoms with Crippen molar-refractivity contribution in [2.75, 3.05) is 18.8 Å². The van der Waals surface area contributed by atoms with Crippen molar-refractivity contribution < 1.29 is 24.2 Å². The molecule has 0 spiro atoms. The van der Waals surface area contributed by atoms with E-state index in [0.29, 0.717) is 49.2 Å². The predicted octanol–water partition coefficient (Wildman–Crippen LogP) is 3.24. The van der Waals surface area contributed by atoms with Gasteiger partial charge in [-0.1, -0.05) is 36.4 Å². The summed E-state index contributed by atoms with van der Waals surface area (Å²) in [7, 11) is 0. The molecule has 1 aliphatic carbocycles. The van der Waals surface area contributed by atoms with Crippen LogP contribution < -0.4 is 16.4 Å². The molecule has 0 radical (unpaired) electrons.